The van der Waals surface area contributed by atoms with Crippen LogP contribution >= 0.6 is 11.3 Å². The summed E-state index contributed by atoms with van der Waals surface area (Å²) in [6.45, 7) is 4.25. The topological polar surface area (TPSA) is 117 Å². The first-order valence-electron chi connectivity index (χ1n) is 19.7. The van der Waals surface area contributed by atoms with Crippen LogP contribution in [0.25, 0.3) is 32.0 Å². The molecule has 2 amide bonds. The Hall–Kier alpha value is -5.88. The maximum Gasteiger partial charge on any atom is 0.435 e. The highest BCUT2D eigenvalue weighted by atomic mass is 32.1. The minimum atomic E-state index is -5.05. The summed E-state index contributed by atoms with van der Waals surface area (Å²) in [5.74, 6) is -9.85. The number of hydrogen-bond acceptors (Lipinski definition) is 8. The van der Waals surface area contributed by atoms with E-state index in [2.05, 4.69) is 25.9 Å². The summed E-state index contributed by atoms with van der Waals surface area (Å²) < 4.78 is 104. The van der Waals surface area contributed by atoms with Crippen molar-refractivity contribution in [2.24, 2.45) is 11.8 Å². The number of halogens is 7. The van der Waals surface area contributed by atoms with Crippen molar-refractivity contribution in [1.29, 1.82) is 0 Å². The van der Waals surface area contributed by atoms with Crippen LogP contribution in [0, 0.1) is 23.5 Å². The second-order valence-corrected chi connectivity index (χ2v) is 17.0. The third-order valence-corrected chi connectivity index (χ3v) is 13.2. The molecular weight excluding hydrogens is 826 g/mol. The lowest BCUT2D eigenvalue weighted by molar-refractivity contribution is -0.142. The van der Waals surface area contributed by atoms with Crippen LogP contribution in [0.4, 0.5) is 36.4 Å². The van der Waals surface area contributed by atoms with Gasteiger partial charge in [0, 0.05) is 78.6 Å². The van der Waals surface area contributed by atoms with Crippen molar-refractivity contribution < 1.29 is 40.3 Å². The first-order chi connectivity index (χ1) is 29.1. The van der Waals surface area contributed by atoms with Crippen molar-refractivity contribution in [3.8, 4) is 21.7 Å². The molecule has 5 heterocycles. The Morgan fingerprint density at radius 3 is 2.41 bits per heavy atom. The van der Waals surface area contributed by atoms with E-state index in [1.807, 2.05) is 24.3 Å². The van der Waals surface area contributed by atoms with Gasteiger partial charge in [-0.3, -0.25) is 14.3 Å². The maximum absolute atomic E-state index is 15.7. The molecule has 10 nitrogen and oxygen atoms in total. The van der Waals surface area contributed by atoms with E-state index in [4.69, 9.17) is 9.97 Å². The highest BCUT2D eigenvalue weighted by molar-refractivity contribution is 7.21. The number of pyridine rings is 1. The Morgan fingerprint density at radius 2 is 1.69 bits per heavy atom. The van der Waals surface area contributed by atoms with Crippen LogP contribution in [0.3, 0.4) is 0 Å². The number of fused-ring (bicyclic) bond motifs is 5. The lowest BCUT2D eigenvalue weighted by Crippen LogP contribution is -2.43. The number of hydrogen-bond donors (Lipinski definition) is 3. The summed E-state index contributed by atoms with van der Waals surface area (Å²) in [6, 6.07) is 16.5. The third-order valence-electron chi connectivity index (χ3n) is 12.1. The number of amides is 2. The van der Waals surface area contributed by atoms with E-state index in [0.717, 1.165) is 55.1 Å². The average Bonchev–Trinajstić information content (AvgIpc) is 3.59. The molecular formula is C43H35F7N8O2S. The average molecular weight is 861 g/mol. The second-order valence-electron chi connectivity index (χ2n) is 16.0. The normalized spacial score (nSPS) is 20.6. The molecule has 2 aliphatic heterocycles. The second kappa shape index (κ2) is 14.4. The SMILES string of the molecule is C[C@@H]1C2c3c(C(F)(F)F)nn(CC(=O)N[C@@H](Cc4cc(F)cc(F)c4)c4nc5nc(-c6ccc(N7CCNCC7)cc6)sc5cc4-c4ccc5c(c4)C(=O)NC5)c3C(F)(F)C21. The largest absolute Gasteiger partial charge is 0.435 e. The molecule has 314 valence electrons. The minimum Gasteiger partial charge on any atom is -0.369 e. The van der Waals surface area contributed by atoms with E-state index < -0.39 is 76.9 Å². The number of aromatic nitrogens is 4. The van der Waals surface area contributed by atoms with E-state index in [-0.39, 0.29) is 29.2 Å². The molecule has 4 aliphatic rings. The summed E-state index contributed by atoms with van der Waals surface area (Å²) >= 11 is 1.35. The number of anilines is 1. The van der Waals surface area contributed by atoms with Crippen LogP contribution in [0.5, 0.6) is 0 Å². The van der Waals surface area contributed by atoms with Crippen molar-refractivity contribution in [1.82, 2.24) is 35.7 Å². The van der Waals surface area contributed by atoms with E-state index in [1.165, 1.54) is 18.3 Å². The number of carbonyl (C=O) groups excluding carboxylic acids is 2. The Morgan fingerprint density at radius 1 is 0.967 bits per heavy atom. The molecule has 2 fully saturated rings. The molecule has 3 aromatic carbocycles. The zero-order valence-electron chi connectivity index (χ0n) is 32.2. The Kier molecular flexibility index (Phi) is 9.24. The third kappa shape index (κ3) is 6.89. The highest BCUT2D eigenvalue weighted by Crippen LogP contribution is 2.71. The summed E-state index contributed by atoms with van der Waals surface area (Å²) in [5, 5.41) is 13.0. The molecule has 4 atom stereocenters. The Bertz CT molecular complexity index is 2740. The summed E-state index contributed by atoms with van der Waals surface area (Å²) in [5.41, 5.74) is 1.47. The predicted molar refractivity (Wildman–Crippen MR) is 212 cm³/mol. The van der Waals surface area contributed by atoms with Crippen LogP contribution in [-0.2, 0) is 36.4 Å². The van der Waals surface area contributed by atoms with Crippen LogP contribution in [0.1, 0.15) is 63.0 Å². The zero-order valence-corrected chi connectivity index (χ0v) is 33.0. The van der Waals surface area contributed by atoms with Crippen molar-refractivity contribution >= 4 is 39.2 Å². The van der Waals surface area contributed by atoms with Crippen molar-refractivity contribution in [3.05, 3.63) is 118 Å². The fourth-order valence-electron chi connectivity index (χ4n) is 9.26. The number of piperazine rings is 1. The van der Waals surface area contributed by atoms with Gasteiger partial charge in [0.25, 0.3) is 11.8 Å². The lowest BCUT2D eigenvalue weighted by Gasteiger charge is -2.29. The molecule has 10 rings (SSSR count). The molecule has 6 aromatic rings. The van der Waals surface area contributed by atoms with Crippen molar-refractivity contribution in [2.45, 2.75) is 50.5 Å². The van der Waals surface area contributed by atoms with Crippen LogP contribution in [-0.4, -0.2) is 57.7 Å². The molecule has 2 aliphatic carbocycles. The number of nitrogens with one attached hydrogen (secondary N) is 3. The van der Waals surface area contributed by atoms with Crippen LogP contribution in [0.15, 0.2) is 66.7 Å². The zero-order chi connectivity index (χ0) is 42.5. The van der Waals surface area contributed by atoms with Gasteiger partial charge in [-0.05, 0) is 77.6 Å². The van der Waals surface area contributed by atoms with Gasteiger partial charge >= 0.3 is 6.18 Å². The first kappa shape index (κ1) is 39.3. The van der Waals surface area contributed by atoms with Gasteiger partial charge in [0.1, 0.15) is 28.9 Å². The van der Waals surface area contributed by atoms with Gasteiger partial charge in [0.2, 0.25) is 5.91 Å². The first-order valence-corrected chi connectivity index (χ1v) is 20.6. The van der Waals surface area contributed by atoms with Gasteiger partial charge in [-0.1, -0.05) is 19.1 Å². The minimum absolute atomic E-state index is 0.0902. The Balaban J connectivity index is 1.07. The standard InChI is InChI=1S/C43H35F7N8O2S/c1-20-33-34-37(43(48,49)50)56-58(38(34)42(46,47)35(20)33)19-32(59)53-30(14-21-12-25(44)16-26(45)13-21)36-28(23-2-3-24-18-52-40(60)29(24)15-23)17-31-39(54-36)55-41(61-31)22-4-6-27(7-5-22)57-10-8-51-9-11-57/h2-7,12-13,15-17,20,30,33,35,51H,8-11,14,18-19H2,1H3,(H,52,60)(H,53,59)/t20-,30+,33?,35?/m1/s1. The number of carbonyl (C=O) groups is 2. The van der Waals surface area contributed by atoms with Gasteiger partial charge in [0.15, 0.2) is 11.3 Å². The molecule has 0 spiro atoms. The molecule has 2 unspecified atom stereocenters. The molecule has 18 heteroatoms. The molecule has 1 saturated heterocycles. The van der Waals surface area contributed by atoms with E-state index in [0.29, 0.717) is 43.7 Å². The Labute approximate surface area is 347 Å². The molecule has 61 heavy (non-hydrogen) atoms. The molecule has 0 radical (unpaired) electrons. The number of nitrogens with zero attached hydrogens (tertiary/aromatic N) is 5. The molecule has 0 bridgehead atoms. The number of alkyl halides is 5. The monoisotopic (exact) mass is 860 g/mol. The summed E-state index contributed by atoms with van der Waals surface area (Å²) in [6.07, 6.45) is -5.34. The van der Waals surface area contributed by atoms with Gasteiger partial charge in [0.05, 0.1) is 16.4 Å². The van der Waals surface area contributed by atoms with Gasteiger partial charge < -0.3 is 20.9 Å². The molecule has 1 saturated carbocycles. The van der Waals surface area contributed by atoms with Gasteiger partial charge in [-0.2, -0.15) is 27.1 Å². The summed E-state index contributed by atoms with van der Waals surface area (Å²) in [7, 11) is 0. The van der Waals surface area contributed by atoms with Crippen LogP contribution < -0.4 is 20.9 Å². The van der Waals surface area contributed by atoms with Gasteiger partial charge in [-0.15, -0.1) is 11.3 Å². The quantitative estimate of drug-likeness (QED) is 0.128. The van der Waals surface area contributed by atoms with Crippen molar-refractivity contribution in [2.75, 3.05) is 31.1 Å². The smallest absolute Gasteiger partial charge is 0.369 e. The number of rotatable bonds is 9. The van der Waals surface area contributed by atoms with E-state index >= 15 is 8.78 Å². The highest BCUT2D eigenvalue weighted by Gasteiger charge is 2.72. The molecule has 3 aromatic heterocycles. The van der Waals surface area contributed by atoms with Gasteiger partial charge in [-0.25, -0.2) is 18.7 Å². The number of thiazole rings is 1. The lowest BCUT2D eigenvalue weighted by atomic mass is 9.93. The maximum atomic E-state index is 15.7. The summed E-state index contributed by atoms with van der Waals surface area (Å²) in [4.78, 5) is 38.9. The fourth-order valence-corrected chi connectivity index (χ4v) is 10.2. The fraction of sp³-hybridized carbons (Fsp3) is 0.326. The van der Waals surface area contributed by atoms with Crippen LogP contribution in [0.2, 0.25) is 0 Å². The van der Waals surface area contributed by atoms with E-state index in [1.54, 1.807) is 24.3 Å². The van der Waals surface area contributed by atoms with E-state index in [9.17, 15) is 31.5 Å². The molecule has 3 N–H and O–H groups in total. The number of benzene rings is 3. The van der Waals surface area contributed by atoms with Crippen molar-refractivity contribution in [3.63, 3.8) is 0 Å². The predicted octanol–water partition coefficient (Wildman–Crippen LogP) is 7.73.